The minimum absolute atomic E-state index is 0.560. The van der Waals surface area contributed by atoms with Gasteiger partial charge in [0, 0.05) is 18.8 Å². The lowest BCUT2D eigenvalue weighted by atomic mass is 9.95. The maximum absolute atomic E-state index is 5.95. The molecule has 0 radical (unpaired) electrons. The van der Waals surface area contributed by atoms with Gasteiger partial charge >= 0.3 is 0 Å². The monoisotopic (exact) mass is 245 g/mol. The number of methoxy groups -OCH3 is 1. The van der Waals surface area contributed by atoms with Crippen molar-refractivity contribution >= 4 is 5.82 Å². The number of nitrogen functional groups attached to an aromatic ring is 1. The maximum Gasteiger partial charge on any atom is 0.153 e. The lowest BCUT2D eigenvalue weighted by Crippen LogP contribution is -1.97. The van der Waals surface area contributed by atoms with Crippen LogP contribution in [0.3, 0.4) is 0 Å². The van der Waals surface area contributed by atoms with Gasteiger partial charge in [0.1, 0.15) is 5.75 Å². The predicted molar refractivity (Wildman–Crippen MR) is 73.8 cm³/mol. The molecule has 0 aliphatic rings. The van der Waals surface area contributed by atoms with Crippen LogP contribution in [0.25, 0.3) is 11.1 Å². The number of aromatic nitrogens is 2. The number of hydrogen-bond donors (Lipinski definition) is 1. The SMILES string of the molecule is COc1c(C)cc(-c2cn(C)nc2N)c(C)c1C. The van der Waals surface area contributed by atoms with Gasteiger partial charge in [0.15, 0.2) is 5.82 Å². The first-order valence-electron chi connectivity index (χ1n) is 5.90. The fourth-order valence-corrected chi connectivity index (χ4v) is 2.37. The first-order valence-corrected chi connectivity index (χ1v) is 5.90. The van der Waals surface area contributed by atoms with E-state index in [1.54, 1.807) is 11.8 Å². The standard InChI is InChI=1S/C14H19N3O/c1-8-6-11(9(2)10(3)13(8)18-5)12-7-17(4)16-14(12)15/h6-7H,1-5H3,(H2,15,16). The van der Waals surface area contributed by atoms with Crippen LogP contribution in [-0.4, -0.2) is 16.9 Å². The molecule has 1 aromatic carbocycles. The third-order valence-electron chi connectivity index (χ3n) is 3.38. The highest BCUT2D eigenvalue weighted by Crippen LogP contribution is 2.35. The molecule has 0 spiro atoms. The third-order valence-corrected chi connectivity index (χ3v) is 3.38. The van der Waals surface area contributed by atoms with Crippen molar-refractivity contribution in [3.63, 3.8) is 0 Å². The summed E-state index contributed by atoms with van der Waals surface area (Å²) in [7, 11) is 3.57. The summed E-state index contributed by atoms with van der Waals surface area (Å²) >= 11 is 0. The van der Waals surface area contributed by atoms with Gasteiger partial charge in [-0.15, -0.1) is 0 Å². The van der Waals surface area contributed by atoms with Crippen molar-refractivity contribution in [1.82, 2.24) is 9.78 Å². The van der Waals surface area contributed by atoms with E-state index in [1.807, 2.05) is 20.2 Å². The largest absolute Gasteiger partial charge is 0.496 e. The smallest absolute Gasteiger partial charge is 0.153 e. The average molecular weight is 245 g/mol. The Kier molecular flexibility index (Phi) is 3.03. The van der Waals surface area contributed by atoms with Crippen LogP contribution in [0.1, 0.15) is 16.7 Å². The molecule has 0 aliphatic carbocycles. The Balaban J connectivity index is 2.70. The zero-order valence-corrected chi connectivity index (χ0v) is 11.5. The molecule has 2 aromatic rings. The van der Waals surface area contributed by atoms with E-state index in [4.69, 9.17) is 10.5 Å². The fraction of sp³-hybridized carbons (Fsp3) is 0.357. The van der Waals surface area contributed by atoms with Crippen LogP contribution in [0, 0.1) is 20.8 Å². The van der Waals surface area contributed by atoms with Crippen molar-refractivity contribution in [1.29, 1.82) is 0 Å². The summed E-state index contributed by atoms with van der Waals surface area (Å²) in [6.07, 6.45) is 1.95. The molecule has 18 heavy (non-hydrogen) atoms. The molecule has 0 fully saturated rings. The van der Waals surface area contributed by atoms with Crippen LogP contribution >= 0.6 is 0 Å². The summed E-state index contributed by atoms with van der Waals surface area (Å²) in [6.45, 7) is 6.19. The molecule has 0 saturated heterocycles. The molecule has 1 aromatic heterocycles. The number of nitrogens with zero attached hydrogens (tertiary/aromatic N) is 2. The normalized spacial score (nSPS) is 10.7. The van der Waals surface area contributed by atoms with Crippen LogP contribution in [0.2, 0.25) is 0 Å². The minimum Gasteiger partial charge on any atom is -0.496 e. The molecule has 2 rings (SSSR count). The molecule has 0 saturated carbocycles. The highest BCUT2D eigenvalue weighted by molar-refractivity contribution is 5.78. The van der Waals surface area contributed by atoms with Gasteiger partial charge in [0.05, 0.1) is 7.11 Å². The first kappa shape index (κ1) is 12.5. The highest BCUT2D eigenvalue weighted by atomic mass is 16.5. The molecule has 1 heterocycles. The van der Waals surface area contributed by atoms with Crippen LogP contribution in [-0.2, 0) is 7.05 Å². The summed E-state index contributed by atoms with van der Waals surface area (Å²) in [5.74, 6) is 1.50. The van der Waals surface area contributed by atoms with Gasteiger partial charge in [-0.2, -0.15) is 5.10 Å². The summed E-state index contributed by atoms with van der Waals surface area (Å²) in [4.78, 5) is 0. The Hall–Kier alpha value is -1.97. The van der Waals surface area contributed by atoms with E-state index in [9.17, 15) is 0 Å². The van der Waals surface area contributed by atoms with E-state index >= 15 is 0 Å². The number of nitrogens with two attached hydrogens (primary N) is 1. The van der Waals surface area contributed by atoms with Gasteiger partial charge in [-0.25, -0.2) is 0 Å². The molecule has 2 N–H and O–H groups in total. The van der Waals surface area contributed by atoms with E-state index in [0.29, 0.717) is 5.82 Å². The van der Waals surface area contributed by atoms with Crippen molar-refractivity contribution < 1.29 is 4.74 Å². The van der Waals surface area contributed by atoms with Crippen LogP contribution in [0.5, 0.6) is 5.75 Å². The Morgan fingerprint density at radius 2 is 1.83 bits per heavy atom. The van der Waals surface area contributed by atoms with Gasteiger partial charge < -0.3 is 10.5 Å². The van der Waals surface area contributed by atoms with Crippen molar-refractivity contribution in [2.24, 2.45) is 7.05 Å². The molecule has 0 aliphatic heterocycles. The molecule has 0 unspecified atom stereocenters. The van der Waals surface area contributed by atoms with Gasteiger partial charge in [0.2, 0.25) is 0 Å². The molecule has 0 atom stereocenters. The van der Waals surface area contributed by atoms with Gasteiger partial charge in [-0.05, 0) is 49.1 Å². The molecule has 0 amide bonds. The summed E-state index contributed by atoms with van der Waals surface area (Å²) in [6, 6.07) is 2.11. The van der Waals surface area contributed by atoms with E-state index in [2.05, 4.69) is 25.0 Å². The lowest BCUT2D eigenvalue weighted by molar-refractivity contribution is 0.408. The quantitative estimate of drug-likeness (QED) is 0.884. The topological polar surface area (TPSA) is 53.1 Å². The van der Waals surface area contributed by atoms with Gasteiger partial charge in [-0.3, -0.25) is 4.68 Å². The van der Waals surface area contributed by atoms with E-state index in [-0.39, 0.29) is 0 Å². The summed E-state index contributed by atoms with van der Waals surface area (Å²) in [5, 5.41) is 4.19. The second-order valence-corrected chi connectivity index (χ2v) is 4.63. The average Bonchev–Trinajstić information content (AvgIpc) is 2.64. The Labute approximate surface area is 107 Å². The molecule has 0 bridgehead atoms. The molecular weight excluding hydrogens is 226 g/mol. The van der Waals surface area contributed by atoms with Crippen molar-refractivity contribution in [3.05, 3.63) is 29.0 Å². The number of benzene rings is 1. The minimum atomic E-state index is 0.560. The number of anilines is 1. The van der Waals surface area contributed by atoms with E-state index in [1.165, 1.54) is 5.56 Å². The number of hydrogen-bond acceptors (Lipinski definition) is 3. The molecule has 96 valence electrons. The van der Waals surface area contributed by atoms with Crippen molar-refractivity contribution in [3.8, 4) is 16.9 Å². The number of ether oxygens (including phenoxy) is 1. The predicted octanol–water partition coefficient (Wildman–Crippen LogP) is 2.60. The Morgan fingerprint density at radius 1 is 1.17 bits per heavy atom. The van der Waals surface area contributed by atoms with Crippen molar-refractivity contribution in [2.75, 3.05) is 12.8 Å². The van der Waals surface area contributed by atoms with Crippen LogP contribution < -0.4 is 10.5 Å². The third kappa shape index (κ3) is 1.83. The summed E-state index contributed by atoms with van der Waals surface area (Å²) < 4.78 is 7.17. The Morgan fingerprint density at radius 3 is 2.33 bits per heavy atom. The zero-order valence-electron chi connectivity index (χ0n) is 11.5. The second kappa shape index (κ2) is 4.37. The van der Waals surface area contributed by atoms with Gasteiger partial charge in [0.25, 0.3) is 0 Å². The van der Waals surface area contributed by atoms with Gasteiger partial charge in [-0.1, -0.05) is 0 Å². The molecule has 4 nitrogen and oxygen atoms in total. The Bertz CT molecular complexity index is 600. The van der Waals surface area contributed by atoms with Crippen LogP contribution in [0.4, 0.5) is 5.82 Å². The highest BCUT2D eigenvalue weighted by Gasteiger charge is 2.15. The number of rotatable bonds is 2. The first-order chi connectivity index (χ1) is 8.45. The molecular formula is C14H19N3O. The van der Waals surface area contributed by atoms with Crippen LogP contribution in [0.15, 0.2) is 12.3 Å². The lowest BCUT2D eigenvalue weighted by Gasteiger charge is -2.15. The van der Waals surface area contributed by atoms with Crippen molar-refractivity contribution in [2.45, 2.75) is 20.8 Å². The summed E-state index contributed by atoms with van der Waals surface area (Å²) in [5.41, 5.74) is 11.5. The second-order valence-electron chi connectivity index (χ2n) is 4.63. The van der Waals surface area contributed by atoms with E-state index in [0.717, 1.165) is 28.0 Å². The fourth-order valence-electron chi connectivity index (χ4n) is 2.37. The van der Waals surface area contributed by atoms with E-state index < -0.39 is 0 Å². The zero-order chi connectivity index (χ0) is 13.4. The molecule has 4 heteroatoms. The number of aryl methyl sites for hydroxylation is 2. The maximum atomic E-state index is 5.95.